The smallest absolute Gasteiger partial charge is 0.127 e. The lowest BCUT2D eigenvalue weighted by molar-refractivity contribution is 0.375. The summed E-state index contributed by atoms with van der Waals surface area (Å²) >= 11 is 3.69. The lowest BCUT2D eigenvalue weighted by Crippen LogP contribution is -2.34. The minimum absolute atomic E-state index is 0.221. The molecule has 0 bridgehead atoms. The molecule has 94 valence electrons. The van der Waals surface area contributed by atoms with Gasteiger partial charge in [0.25, 0.3) is 0 Å². The Bertz CT molecular complexity index is 436. The van der Waals surface area contributed by atoms with E-state index in [0.717, 1.165) is 28.6 Å². The monoisotopic (exact) mass is 297 g/mol. The second-order valence-electron chi connectivity index (χ2n) is 5.10. The summed E-state index contributed by atoms with van der Waals surface area (Å²) in [5.41, 5.74) is 9.92. The first-order valence-electron chi connectivity index (χ1n) is 6.12. The van der Waals surface area contributed by atoms with E-state index >= 15 is 0 Å². The van der Waals surface area contributed by atoms with Crippen LogP contribution in [0.4, 0.5) is 0 Å². The van der Waals surface area contributed by atoms with E-state index in [1.165, 1.54) is 24.0 Å². The minimum Gasteiger partial charge on any atom is -0.496 e. The Kier molecular flexibility index (Phi) is 3.50. The number of halogens is 1. The number of aryl methyl sites for hydroxylation is 2. The van der Waals surface area contributed by atoms with Crippen molar-refractivity contribution >= 4 is 15.9 Å². The summed E-state index contributed by atoms with van der Waals surface area (Å²) in [6.45, 7) is 4.19. The van der Waals surface area contributed by atoms with E-state index in [1.807, 2.05) is 0 Å². The van der Waals surface area contributed by atoms with Gasteiger partial charge < -0.3 is 10.5 Å². The van der Waals surface area contributed by atoms with Crippen LogP contribution in [0.5, 0.6) is 5.75 Å². The van der Waals surface area contributed by atoms with Gasteiger partial charge in [-0.05, 0) is 37.8 Å². The molecule has 0 aliphatic heterocycles. The van der Waals surface area contributed by atoms with Crippen molar-refractivity contribution in [3.8, 4) is 5.75 Å². The highest BCUT2D eigenvalue weighted by Crippen LogP contribution is 2.46. The molecule has 1 aliphatic carbocycles. The summed E-state index contributed by atoms with van der Waals surface area (Å²) in [7, 11) is 1.73. The summed E-state index contributed by atoms with van der Waals surface area (Å²) < 4.78 is 6.69. The lowest BCUT2D eigenvalue weighted by Gasteiger charge is -2.29. The Morgan fingerprint density at radius 1 is 1.24 bits per heavy atom. The molecule has 17 heavy (non-hydrogen) atoms. The molecule has 0 saturated heterocycles. The van der Waals surface area contributed by atoms with Crippen molar-refractivity contribution in [1.82, 2.24) is 0 Å². The molecule has 0 atom stereocenters. The van der Waals surface area contributed by atoms with Gasteiger partial charge in [-0.3, -0.25) is 0 Å². The molecule has 1 aromatic rings. The first kappa shape index (κ1) is 12.9. The molecule has 2 rings (SSSR count). The summed E-state index contributed by atoms with van der Waals surface area (Å²) in [4.78, 5) is 0. The van der Waals surface area contributed by atoms with Crippen LogP contribution in [0.2, 0.25) is 0 Å². The minimum atomic E-state index is -0.221. The second-order valence-corrected chi connectivity index (χ2v) is 5.89. The van der Waals surface area contributed by atoms with E-state index in [2.05, 4.69) is 35.8 Å². The lowest BCUT2D eigenvalue weighted by atomic mass is 9.86. The van der Waals surface area contributed by atoms with Crippen LogP contribution in [0.3, 0.4) is 0 Å². The van der Waals surface area contributed by atoms with Crippen LogP contribution in [0.1, 0.15) is 42.4 Å². The molecule has 0 heterocycles. The molecule has 0 spiro atoms. The fraction of sp³-hybridized carbons (Fsp3) is 0.571. The zero-order valence-corrected chi connectivity index (χ0v) is 12.4. The van der Waals surface area contributed by atoms with Crippen molar-refractivity contribution in [1.29, 1.82) is 0 Å². The highest BCUT2D eigenvalue weighted by atomic mass is 79.9. The summed E-state index contributed by atoms with van der Waals surface area (Å²) in [6, 6.07) is 2.14. The molecule has 1 aliphatic rings. The number of hydrogen-bond acceptors (Lipinski definition) is 2. The Morgan fingerprint density at radius 3 is 2.35 bits per heavy atom. The number of ether oxygens (including phenoxy) is 1. The predicted octanol–water partition coefficient (Wildman–Crippen LogP) is 3.80. The number of methoxy groups -OCH3 is 1. The van der Waals surface area contributed by atoms with Gasteiger partial charge in [0, 0.05) is 15.6 Å². The van der Waals surface area contributed by atoms with Gasteiger partial charge in [-0.2, -0.15) is 0 Å². The van der Waals surface area contributed by atoms with Crippen LogP contribution < -0.4 is 10.5 Å². The van der Waals surface area contributed by atoms with Crippen molar-refractivity contribution in [2.75, 3.05) is 7.11 Å². The van der Waals surface area contributed by atoms with Crippen molar-refractivity contribution < 1.29 is 4.74 Å². The number of hydrogen-bond donors (Lipinski definition) is 1. The second kappa shape index (κ2) is 4.62. The third kappa shape index (κ3) is 2.11. The molecular weight excluding hydrogens is 278 g/mol. The van der Waals surface area contributed by atoms with Crippen LogP contribution in [-0.4, -0.2) is 7.11 Å². The quantitative estimate of drug-likeness (QED) is 0.901. The fourth-order valence-corrected chi connectivity index (χ4v) is 3.60. The van der Waals surface area contributed by atoms with E-state index < -0.39 is 0 Å². The Morgan fingerprint density at radius 2 is 1.82 bits per heavy atom. The average Bonchev–Trinajstić information content (AvgIpc) is 2.71. The predicted molar refractivity (Wildman–Crippen MR) is 74.5 cm³/mol. The van der Waals surface area contributed by atoms with E-state index in [0.29, 0.717) is 0 Å². The van der Waals surface area contributed by atoms with Crippen molar-refractivity contribution in [2.45, 2.75) is 45.1 Å². The van der Waals surface area contributed by atoms with Crippen LogP contribution in [0, 0.1) is 13.8 Å². The molecule has 0 unspecified atom stereocenters. The molecule has 1 fully saturated rings. The SMILES string of the molecule is COc1c(C)cc(C)c(Br)c1C1(N)CCCC1. The highest BCUT2D eigenvalue weighted by molar-refractivity contribution is 9.10. The largest absolute Gasteiger partial charge is 0.496 e. The van der Waals surface area contributed by atoms with E-state index in [-0.39, 0.29) is 5.54 Å². The van der Waals surface area contributed by atoms with Gasteiger partial charge in [0.15, 0.2) is 0 Å². The molecule has 2 N–H and O–H groups in total. The van der Waals surface area contributed by atoms with E-state index in [9.17, 15) is 0 Å². The van der Waals surface area contributed by atoms with Crippen LogP contribution in [0.15, 0.2) is 10.5 Å². The zero-order chi connectivity index (χ0) is 12.6. The first-order valence-corrected chi connectivity index (χ1v) is 6.92. The Hall–Kier alpha value is -0.540. The van der Waals surface area contributed by atoms with Crippen molar-refractivity contribution in [3.05, 3.63) is 27.2 Å². The normalized spacial score (nSPS) is 18.4. The van der Waals surface area contributed by atoms with E-state index in [1.54, 1.807) is 7.11 Å². The molecule has 3 heteroatoms. The Labute approximate surface area is 112 Å². The molecule has 0 aromatic heterocycles. The van der Waals surface area contributed by atoms with Gasteiger partial charge in [-0.25, -0.2) is 0 Å². The van der Waals surface area contributed by atoms with Crippen LogP contribution >= 0.6 is 15.9 Å². The molecule has 1 saturated carbocycles. The van der Waals surface area contributed by atoms with Gasteiger partial charge in [0.2, 0.25) is 0 Å². The number of rotatable bonds is 2. The first-order chi connectivity index (χ1) is 7.99. The number of benzene rings is 1. The maximum atomic E-state index is 6.59. The molecule has 0 radical (unpaired) electrons. The maximum absolute atomic E-state index is 6.59. The van der Waals surface area contributed by atoms with Gasteiger partial charge in [-0.1, -0.05) is 34.8 Å². The van der Waals surface area contributed by atoms with E-state index in [4.69, 9.17) is 10.5 Å². The topological polar surface area (TPSA) is 35.2 Å². The average molecular weight is 298 g/mol. The summed E-state index contributed by atoms with van der Waals surface area (Å²) in [5, 5.41) is 0. The fourth-order valence-electron chi connectivity index (χ4n) is 2.91. The highest BCUT2D eigenvalue weighted by Gasteiger charge is 2.36. The zero-order valence-electron chi connectivity index (χ0n) is 10.8. The number of nitrogens with two attached hydrogens (primary N) is 1. The third-order valence-electron chi connectivity index (χ3n) is 3.78. The van der Waals surface area contributed by atoms with Crippen LogP contribution in [0.25, 0.3) is 0 Å². The summed E-state index contributed by atoms with van der Waals surface area (Å²) in [5.74, 6) is 0.951. The van der Waals surface area contributed by atoms with Gasteiger partial charge in [0.05, 0.1) is 7.11 Å². The molecular formula is C14H20BrNO. The third-order valence-corrected chi connectivity index (χ3v) is 4.80. The van der Waals surface area contributed by atoms with Crippen molar-refractivity contribution in [2.24, 2.45) is 5.73 Å². The summed E-state index contributed by atoms with van der Waals surface area (Å²) in [6.07, 6.45) is 4.51. The van der Waals surface area contributed by atoms with Gasteiger partial charge >= 0.3 is 0 Å². The standard InChI is InChI=1S/C14H20BrNO/c1-9-8-10(2)13(17-3)11(12(9)15)14(16)6-4-5-7-14/h8H,4-7,16H2,1-3H3. The maximum Gasteiger partial charge on any atom is 0.127 e. The van der Waals surface area contributed by atoms with Gasteiger partial charge in [0.1, 0.15) is 5.75 Å². The molecule has 1 aromatic carbocycles. The molecule has 0 amide bonds. The van der Waals surface area contributed by atoms with Gasteiger partial charge in [-0.15, -0.1) is 0 Å². The Balaban J connectivity index is 2.65. The van der Waals surface area contributed by atoms with Crippen molar-refractivity contribution in [3.63, 3.8) is 0 Å². The van der Waals surface area contributed by atoms with Crippen LogP contribution in [-0.2, 0) is 5.54 Å². The molecule has 2 nitrogen and oxygen atoms in total.